The van der Waals surface area contributed by atoms with Gasteiger partial charge in [-0.2, -0.15) is 0 Å². The van der Waals surface area contributed by atoms with E-state index in [0.717, 1.165) is 18.9 Å². The van der Waals surface area contributed by atoms with Crippen LogP contribution in [-0.2, 0) is 4.74 Å². The summed E-state index contributed by atoms with van der Waals surface area (Å²) in [6, 6.07) is -0.317. The zero-order valence-electron chi connectivity index (χ0n) is 23.3. The summed E-state index contributed by atoms with van der Waals surface area (Å²) in [5.41, 5.74) is 10.5. The van der Waals surface area contributed by atoms with Gasteiger partial charge in [0.15, 0.2) is 0 Å². The van der Waals surface area contributed by atoms with Gasteiger partial charge in [0.2, 0.25) is 0 Å². The molecule has 5 saturated carbocycles. The molecule has 0 spiro atoms. The molecule has 6 fully saturated rings. The molecule has 1 unspecified atom stereocenters. The number of aliphatic hydroxyl groups is 1. The second kappa shape index (κ2) is 7.20. The molecule has 5 nitrogen and oxygen atoms in total. The highest BCUT2D eigenvalue weighted by molar-refractivity contribution is 5.22. The molecule has 1 N–H and O–H groups in total. The predicted octanol–water partition coefficient (Wildman–Crippen LogP) is 7.53. The minimum Gasteiger partial charge on any atom is -0.392 e. The maximum Gasteiger partial charge on any atom is 0.0678 e. The molecule has 0 aromatic carbocycles. The van der Waals surface area contributed by atoms with Crippen LogP contribution in [0.15, 0.2) is 5.11 Å². The SMILES string of the molecule is CC1(C)CC[C@]23CC[C@]4(C)[C@H](CC[C@@H]5[C@@]6(C)CC(N=[N+]=[N-])[C@H](O)C(C)(C)[C@@H]6CC[C@]54C)[C@H]2[C@H]1OC3. The summed E-state index contributed by atoms with van der Waals surface area (Å²) in [6.07, 6.45) is 11.1. The van der Waals surface area contributed by atoms with Gasteiger partial charge in [-0.15, -0.1) is 0 Å². The lowest BCUT2D eigenvalue weighted by atomic mass is 9.31. The molecular formula is C30H49N3O2. The molecule has 0 aromatic heterocycles. The van der Waals surface area contributed by atoms with Gasteiger partial charge in [0, 0.05) is 4.91 Å². The smallest absolute Gasteiger partial charge is 0.0678 e. The standard InChI is InChI=1S/C30H49N3O2/c1-25(2)12-14-30-15-13-28(6)18(22(30)24(25)35-17-30)8-9-21-27(5)16-19(32-33-31)23(34)26(3,4)20(27)10-11-29(21,28)7/h18-24,34H,8-17H2,1-7H3/t18-,19?,20+,21-,22+,23+,24-,27+,28-,29-,30-/m1/s1. The van der Waals surface area contributed by atoms with E-state index in [2.05, 4.69) is 58.5 Å². The fourth-order valence-electron chi connectivity index (χ4n) is 12.3. The monoisotopic (exact) mass is 483 g/mol. The van der Waals surface area contributed by atoms with Crippen molar-refractivity contribution in [1.29, 1.82) is 0 Å². The Morgan fingerprint density at radius 2 is 1.57 bits per heavy atom. The minimum absolute atomic E-state index is 0.0962. The van der Waals surface area contributed by atoms with E-state index in [1.165, 1.54) is 51.4 Å². The third kappa shape index (κ3) is 2.82. The molecule has 196 valence electrons. The van der Waals surface area contributed by atoms with Crippen LogP contribution in [-0.4, -0.2) is 30.0 Å². The van der Waals surface area contributed by atoms with Gasteiger partial charge in [0.25, 0.3) is 0 Å². The van der Waals surface area contributed by atoms with Gasteiger partial charge in [-0.25, -0.2) is 0 Å². The minimum atomic E-state index is -0.556. The summed E-state index contributed by atoms with van der Waals surface area (Å²) in [5, 5.41) is 15.4. The van der Waals surface area contributed by atoms with Crippen molar-refractivity contribution in [2.75, 3.05) is 6.61 Å². The maximum atomic E-state index is 11.2. The van der Waals surface area contributed by atoms with Crippen LogP contribution >= 0.6 is 0 Å². The molecule has 0 radical (unpaired) electrons. The van der Waals surface area contributed by atoms with Crippen LogP contribution in [0.25, 0.3) is 10.4 Å². The van der Waals surface area contributed by atoms with Gasteiger partial charge in [-0.1, -0.05) is 53.6 Å². The number of azide groups is 1. The lowest BCUT2D eigenvalue weighted by Crippen LogP contribution is -2.69. The van der Waals surface area contributed by atoms with Gasteiger partial charge in [-0.3, -0.25) is 0 Å². The van der Waals surface area contributed by atoms with E-state index in [1.807, 2.05) is 0 Å². The molecule has 6 aliphatic rings. The van der Waals surface area contributed by atoms with Crippen LogP contribution < -0.4 is 0 Å². The summed E-state index contributed by atoms with van der Waals surface area (Å²) < 4.78 is 6.70. The highest BCUT2D eigenvalue weighted by Crippen LogP contribution is 2.78. The van der Waals surface area contributed by atoms with Crippen LogP contribution in [0, 0.1) is 56.2 Å². The topological polar surface area (TPSA) is 78.2 Å². The first-order valence-corrected chi connectivity index (χ1v) is 14.6. The molecule has 5 aliphatic carbocycles. The summed E-state index contributed by atoms with van der Waals surface area (Å²) in [4.78, 5) is 3.18. The first kappa shape index (κ1) is 24.6. The zero-order valence-corrected chi connectivity index (χ0v) is 23.3. The number of rotatable bonds is 1. The molecule has 0 aromatic rings. The lowest BCUT2D eigenvalue weighted by Gasteiger charge is -2.73. The molecule has 1 heterocycles. The number of aliphatic hydroxyl groups excluding tert-OH is 1. The highest BCUT2D eigenvalue weighted by atomic mass is 16.5. The second-order valence-corrected chi connectivity index (χ2v) is 16.0. The van der Waals surface area contributed by atoms with Crippen molar-refractivity contribution in [2.45, 2.75) is 125 Å². The molecule has 2 bridgehead atoms. The Bertz CT molecular complexity index is 957. The third-order valence-corrected chi connectivity index (χ3v) is 14.3. The number of hydrogen-bond acceptors (Lipinski definition) is 3. The van der Waals surface area contributed by atoms with E-state index in [0.29, 0.717) is 34.7 Å². The normalized spacial score (nSPS) is 57.7. The average molecular weight is 484 g/mol. The van der Waals surface area contributed by atoms with Crippen molar-refractivity contribution in [1.82, 2.24) is 0 Å². The molecule has 11 atom stereocenters. The van der Waals surface area contributed by atoms with Gasteiger partial charge in [0.05, 0.1) is 24.9 Å². The predicted molar refractivity (Wildman–Crippen MR) is 139 cm³/mol. The molecular weight excluding hydrogens is 434 g/mol. The Hall–Kier alpha value is -0.770. The van der Waals surface area contributed by atoms with Gasteiger partial charge >= 0.3 is 0 Å². The Morgan fingerprint density at radius 1 is 0.857 bits per heavy atom. The lowest BCUT2D eigenvalue weighted by molar-refractivity contribution is -0.254. The van der Waals surface area contributed by atoms with Crippen molar-refractivity contribution in [2.24, 2.45) is 61.3 Å². The fourth-order valence-corrected chi connectivity index (χ4v) is 12.3. The largest absolute Gasteiger partial charge is 0.392 e. The van der Waals surface area contributed by atoms with Gasteiger partial charge in [-0.05, 0) is 119 Å². The van der Waals surface area contributed by atoms with Crippen molar-refractivity contribution in [3.05, 3.63) is 10.4 Å². The average Bonchev–Trinajstić information content (AvgIpc) is 3.12. The zero-order chi connectivity index (χ0) is 25.2. The molecule has 5 heteroatoms. The summed E-state index contributed by atoms with van der Waals surface area (Å²) in [7, 11) is 0. The molecule has 0 amide bonds. The van der Waals surface area contributed by atoms with Crippen LogP contribution in [0.2, 0.25) is 0 Å². The van der Waals surface area contributed by atoms with Crippen molar-refractivity contribution in [3.8, 4) is 0 Å². The second-order valence-electron chi connectivity index (χ2n) is 16.0. The molecule has 35 heavy (non-hydrogen) atoms. The Morgan fingerprint density at radius 3 is 2.29 bits per heavy atom. The van der Waals surface area contributed by atoms with E-state index in [-0.39, 0.29) is 27.7 Å². The molecule has 6 rings (SSSR count). The van der Waals surface area contributed by atoms with E-state index in [1.54, 1.807) is 0 Å². The first-order chi connectivity index (χ1) is 16.3. The van der Waals surface area contributed by atoms with Gasteiger partial charge < -0.3 is 9.84 Å². The summed E-state index contributed by atoms with van der Waals surface area (Å²) in [6.45, 7) is 18.2. The quantitative estimate of drug-likeness (QED) is 0.238. The van der Waals surface area contributed by atoms with Crippen LogP contribution in [0.5, 0.6) is 0 Å². The van der Waals surface area contributed by atoms with Crippen LogP contribution in [0.4, 0.5) is 0 Å². The van der Waals surface area contributed by atoms with Crippen molar-refractivity contribution in [3.63, 3.8) is 0 Å². The van der Waals surface area contributed by atoms with E-state index in [4.69, 9.17) is 4.74 Å². The van der Waals surface area contributed by atoms with E-state index >= 15 is 0 Å². The van der Waals surface area contributed by atoms with Crippen LogP contribution in [0.1, 0.15) is 106 Å². The maximum absolute atomic E-state index is 11.2. The highest BCUT2D eigenvalue weighted by Gasteiger charge is 2.73. The van der Waals surface area contributed by atoms with E-state index < -0.39 is 6.10 Å². The number of hydrogen-bond donors (Lipinski definition) is 1. The number of ether oxygens (including phenoxy) is 1. The fraction of sp³-hybridized carbons (Fsp3) is 1.00. The van der Waals surface area contributed by atoms with Gasteiger partial charge in [0.1, 0.15) is 0 Å². The Labute approximate surface area is 212 Å². The molecule has 1 saturated heterocycles. The van der Waals surface area contributed by atoms with Crippen LogP contribution in [0.3, 0.4) is 0 Å². The number of fused-ring (bicyclic) bond motifs is 5. The summed E-state index contributed by atoms with van der Waals surface area (Å²) >= 11 is 0. The first-order valence-electron chi connectivity index (χ1n) is 14.6. The summed E-state index contributed by atoms with van der Waals surface area (Å²) in [5.74, 6) is 2.55. The van der Waals surface area contributed by atoms with Crippen molar-refractivity contribution < 1.29 is 9.84 Å². The number of nitrogens with zero attached hydrogens (tertiary/aromatic N) is 3. The molecule has 1 aliphatic heterocycles. The van der Waals surface area contributed by atoms with E-state index in [9.17, 15) is 10.6 Å². The third-order valence-electron chi connectivity index (χ3n) is 14.3. The Balaban J connectivity index is 1.40. The Kier molecular flexibility index (Phi) is 5.05. The van der Waals surface area contributed by atoms with Crippen molar-refractivity contribution >= 4 is 0 Å².